The Balaban J connectivity index is 2.88. The van der Waals surface area contributed by atoms with Gasteiger partial charge in [-0.1, -0.05) is 31.9 Å². The normalized spacial score (nSPS) is 10.5. The summed E-state index contributed by atoms with van der Waals surface area (Å²) in [7, 11) is 0. The smallest absolute Gasteiger partial charge is 0.0714 e. The minimum absolute atomic E-state index is 1.01. The van der Waals surface area contributed by atoms with Crippen LogP contribution >= 0.6 is 31.9 Å². The van der Waals surface area contributed by atoms with Gasteiger partial charge in [-0.25, -0.2) is 0 Å². The third-order valence-corrected chi connectivity index (χ3v) is 2.84. The molecule has 1 heterocycles. The lowest BCUT2D eigenvalue weighted by Gasteiger charge is -1.98. The lowest BCUT2D eigenvalue weighted by Crippen LogP contribution is -1.78. The van der Waals surface area contributed by atoms with Gasteiger partial charge in [-0.05, 0) is 24.3 Å². The molecule has 0 radical (unpaired) electrons. The van der Waals surface area contributed by atoms with Gasteiger partial charge in [0.05, 0.1) is 5.52 Å². The van der Waals surface area contributed by atoms with Gasteiger partial charge in [0.15, 0.2) is 0 Å². The highest BCUT2D eigenvalue weighted by Gasteiger charge is 1.98. The Morgan fingerprint density at radius 1 is 1.08 bits per heavy atom. The molecule has 2 rings (SSSR count). The zero-order chi connectivity index (χ0) is 8.55. The first-order valence-corrected chi connectivity index (χ1v) is 5.06. The molecule has 0 fully saturated rings. The fraction of sp³-hybridized carbons (Fsp3) is 0. The Bertz CT molecular complexity index is 426. The van der Waals surface area contributed by atoms with Crippen LogP contribution in [0.1, 0.15) is 0 Å². The molecule has 0 atom stereocenters. The molecular weight excluding hydrogens is 282 g/mol. The highest BCUT2D eigenvalue weighted by Crippen LogP contribution is 2.24. The highest BCUT2D eigenvalue weighted by atomic mass is 79.9. The molecule has 0 spiro atoms. The maximum absolute atomic E-state index is 4.23. The van der Waals surface area contributed by atoms with Crippen molar-refractivity contribution in [1.82, 2.24) is 4.98 Å². The topological polar surface area (TPSA) is 12.9 Å². The Hall–Kier alpha value is -0.410. The molecule has 2 aromatic rings. The summed E-state index contributed by atoms with van der Waals surface area (Å²) in [5.74, 6) is 0. The minimum Gasteiger partial charge on any atom is -0.256 e. The van der Waals surface area contributed by atoms with Gasteiger partial charge < -0.3 is 0 Å². The second-order valence-electron chi connectivity index (χ2n) is 2.45. The molecule has 0 saturated heterocycles. The summed E-state index contributed by atoms with van der Waals surface area (Å²) in [5.41, 5.74) is 1.01. The van der Waals surface area contributed by atoms with Crippen molar-refractivity contribution in [2.45, 2.75) is 0 Å². The van der Waals surface area contributed by atoms with E-state index in [0.717, 1.165) is 19.8 Å². The standard InChI is InChI=1S/C9H5Br2N/c10-6-1-2-9-7(5-6)8(11)3-4-12-9/h1-5H. The molecule has 0 aliphatic rings. The van der Waals surface area contributed by atoms with Crippen molar-refractivity contribution >= 4 is 42.8 Å². The lowest BCUT2D eigenvalue weighted by atomic mass is 10.2. The number of nitrogens with zero attached hydrogens (tertiary/aromatic N) is 1. The van der Waals surface area contributed by atoms with Crippen molar-refractivity contribution in [3.63, 3.8) is 0 Å². The van der Waals surface area contributed by atoms with E-state index in [1.54, 1.807) is 6.20 Å². The van der Waals surface area contributed by atoms with Gasteiger partial charge in [-0.2, -0.15) is 0 Å². The van der Waals surface area contributed by atoms with E-state index in [1.807, 2.05) is 24.3 Å². The molecule has 0 saturated carbocycles. The molecule has 1 aromatic carbocycles. The van der Waals surface area contributed by atoms with Gasteiger partial charge in [0.1, 0.15) is 0 Å². The van der Waals surface area contributed by atoms with E-state index in [2.05, 4.69) is 36.8 Å². The first-order chi connectivity index (χ1) is 5.77. The van der Waals surface area contributed by atoms with Crippen LogP contribution in [0.3, 0.4) is 0 Å². The fourth-order valence-electron chi connectivity index (χ4n) is 1.08. The molecule has 0 bridgehead atoms. The van der Waals surface area contributed by atoms with Gasteiger partial charge in [-0.15, -0.1) is 0 Å². The Kier molecular flexibility index (Phi) is 2.15. The lowest BCUT2D eigenvalue weighted by molar-refractivity contribution is 1.40. The highest BCUT2D eigenvalue weighted by molar-refractivity contribution is 9.11. The van der Waals surface area contributed by atoms with Crippen LogP contribution in [-0.2, 0) is 0 Å². The summed E-state index contributed by atoms with van der Waals surface area (Å²) >= 11 is 6.89. The molecule has 12 heavy (non-hydrogen) atoms. The Morgan fingerprint density at radius 2 is 1.92 bits per heavy atom. The van der Waals surface area contributed by atoms with Gasteiger partial charge in [0.25, 0.3) is 0 Å². The number of benzene rings is 1. The van der Waals surface area contributed by atoms with Crippen LogP contribution in [0.2, 0.25) is 0 Å². The molecule has 1 aromatic heterocycles. The van der Waals surface area contributed by atoms with E-state index >= 15 is 0 Å². The number of pyridine rings is 1. The van der Waals surface area contributed by atoms with Crippen LogP contribution in [0.15, 0.2) is 39.4 Å². The number of hydrogen-bond donors (Lipinski definition) is 0. The van der Waals surface area contributed by atoms with Crippen LogP contribution in [0.4, 0.5) is 0 Å². The molecule has 3 heteroatoms. The monoisotopic (exact) mass is 285 g/mol. The van der Waals surface area contributed by atoms with Crippen molar-refractivity contribution in [1.29, 1.82) is 0 Å². The number of rotatable bonds is 0. The molecule has 60 valence electrons. The van der Waals surface area contributed by atoms with E-state index in [9.17, 15) is 0 Å². The summed E-state index contributed by atoms with van der Waals surface area (Å²) in [6.07, 6.45) is 1.79. The average molecular weight is 287 g/mol. The predicted molar refractivity (Wildman–Crippen MR) is 57.1 cm³/mol. The largest absolute Gasteiger partial charge is 0.256 e. The third kappa shape index (κ3) is 1.39. The van der Waals surface area contributed by atoms with Gasteiger partial charge in [0.2, 0.25) is 0 Å². The van der Waals surface area contributed by atoms with E-state index in [1.165, 1.54) is 0 Å². The molecule has 0 amide bonds. The third-order valence-electron chi connectivity index (χ3n) is 1.65. The summed E-state index contributed by atoms with van der Waals surface area (Å²) in [6, 6.07) is 7.97. The zero-order valence-electron chi connectivity index (χ0n) is 6.09. The van der Waals surface area contributed by atoms with Crippen molar-refractivity contribution in [3.8, 4) is 0 Å². The summed E-state index contributed by atoms with van der Waals surface area (Å²) in [6.45, 7) is 0. The maximum Gasteiger partial charge on any atom is 0.0714 e. The Labute approximate surface area is 87.1 Å². The van der Waals surface area contributed by atoms with Gasteiger partial charge in [-0.3, -0.25) is 4.98 Å². The summed E-state index contributed by atoms with van der Waals surface area (Å²) < 4.78 is 2.15. The van der Waals surface area contributed by atoms with Gasteiger partial charge >= 0.3 is 0 Å². The molecule has 0 aliphatic heterocycles. The number of aromatic nitrogens is 1. The van der Waals surface area contributed by atoms with Crippen LogP contribution in [0.5, 0.6) is 0 Å². The molecule has 0 N–H and O–H groups in total. The summed E-state index contributed by atoms with van der Waals surface area (Å²) in [5, 5.41) is 1.13. The maximum atomic E-state index is 4.23. The molecule has 0 aliphatic carbocycles. The van der Waals surface area contributed by atoms with Crippen LogP contribution < -0.4 is 0 Å². The SMILES string of the molecule is Brc1ccc2nccc(Br)c2c1. The van der Waals surface area contributed by atoms with Gasteiger partial charge in [0, 0.05) is 20.5 Å². The van der Waals surface area contributed by atoms with Crippen LogP contribution in [-0.4, -0.2) is 4.98 Å². The second kappa shape index (κ2) is 3.15. The van der Waals surface area contributed by atoms with Crippen LogP contribution in [0, 0.1) is 0 Å². The van der Waals surface area contributed by atoms with E-state index in [0.29, 0.717) is 0 Å². The van der Waals surface area contributed by atoms with Crippen molar-refractivity contribution < 1.29 is 0 Å². The van der Waals surface area contributed by atoms with Crippen molar-refractivity contribution in [2.75, 3.05) is 0 Å². The number of halogens is 2. The minimum atomic E-state index is 1.01. The average Bonchev–Trinajstić information content (AvgIpc) is 2.07. The quantitative estimate of drug-likeness (QED) is 0.719. The first-order valence-electron chi connectivity index (χ1n) is 3.47. The molecular formula is C9H5Br2N. The fourth-order valence-corrected chi connectivity index (χ4v) is 1.88. The number of hydrogen-bond acceptors (Lipinski definition) is 1. The first kappa shape index (κ1) is 8.20. The van der Waals surface area contributed by atoms with Crippen LogP contribution in [0.25, 0.3) is 10.9 Å². The predicted octanol–water partition coefficient (Wildman–Crippen LogP) is 3.76. The van der Waals surface area contributed by atoms with Crippen molar-refractivity contribution in [2.24, 2.45) is 0 Å². The summed E-state index contributed by atoms with van der Waals surface area (Å²) in [4.78, 5) is 4.23. The zero-order valence-corrected chi connectivity index (χ0v) is 9.26. The number of fused-ring (bicyclic) bond motifs is 1. The Morgan fingerprint density at radius 3 is 2.75 bits per heavy atom. The van der Waals surface area contributed by atoms with E-state index in [4.69, 9.17) is 0 Å². The van der Waals surface area contributed by atoms with E-state index in [-0.39, 0.29) is 0 Å². The molecule has 0 unspecified atom stereocenters. The second-order valence-corrected chi connectivity index (χ2v) is 4.22. The van der Waals surface area contributed by atoms with E-state index < -0.39 is 0 Å². The molecule has 1 nitrogen and oxygen atoms in total. The van der Waals surface area contributed by atoms with Crippen molar-refractivity contribution in [3.05, 3.63) is 39.4 Å².